The Labute approximate surface area is 138 Å². The molecule has 1 aliphatic heterocycles. The van der Waals surface area contributed by atoms with Crippen LogP contribution in [0.5, 0.6) is 0 Å². The zero-order valence-corrected chi connectivity index (χ0v) is 13.7. The number of carbonyl (C=O) groups is 1. The van der Waals surface area contributed by atoms with Gasteiger partial charge in [0, 0.05) is 19.1 Å². The summed E-state index contributed by atoms with van der Waals surface area (Å²) >= 11 is 0. The van der Waals surface area contributed by atoms with E-state index < -0.39 is 35.1 Å². The van der Waals surface area contributed by atoms with Gasteiger partial charge in [-0.1, -0.05) is 13.3 Å². The van der Waals surface area contributed by atoms with Crippen molar-refractivity contribution in [3.8, 4) is 0 Å². The summed E-state index contributed by atoms with van der Waals surface area (Å²) in [7, 11) is 0. The van der Waals surface area contributed by atoms with Gasteiger partial charge in [-0.25, -0.2) is 0 Å². The Balaban J connectivity index is 2.15. The van der Waals surface area contributed by atoms with Gasteiger partial charge in [-0.05, 0) is 26.2 Å². The van der Waals surface area contributed by atoms with E-state index in [-0.39, 0.29) is 25.0 Å². The number of nitrogens with zero attached hydrogens (tertiary/aromatic N) is 2. The number of amides is 1. The first-order valence-electron chi connectivity index (χ1n) is 8.10. The summed E-state index contributed by atoms with van der Waals surface area (Å²) in [6.07, 6.45) is 2.79. The molecule has 2 atom stereocenters. The van der Waals surface area contributed by atoms with Gasteiger partial charge in [0.15, 0.2) is 0 Å². The van der Waals surface area contributed by atoms with Crippen LogP contribution >= 0.6 is 0 Å². The second-order valence-electron chi connectivity index (χ2n) is 6.15. The van der Waals surface area contributed by atoms with Gasteiger partial charge in [0.2, 0.25) is 17.5 Å². The molecule has 2 unspecified atom stereocenters. The van der Waals surface area contributed by atoms with Crippen molar-refractivity contribution in [2.45, 2.75) is 45.6 Å². The monoisotopic (exact) mass is 347 g/mol. The lowest BCUT2D eigenvalue weighted by Gasteiger charge is -2.34. The summed E-state index contributed by atoms with van der Waals surface area (Å²) in [5.41, 5.74) is -0.792. The third-order valence-corrected chi connectivity index (χ3v) is 4.19. The molecule has 0 spiro atoms. The Bertz CT molecular complexity index is 585. The molecule has 2 rings (SSSR count). The third-order valence-electron chi connectivity index (χ3n) is 4.19. The molecule has 1 aliphatic rings. The number of pyridine rings is 1. The number of hydrogen-bond acceptors (Lipinski definition) is 3. The van der Waals surface area contributed by atoms with Gasteiger partial charge in [0.1, 0.15) is 5.69 Å². The van der Waals surface area contributed by atoms with Crippen LogP contribution in [0, 0.1) is 29.4 Å². The first kappa shape index (κ1) is 18.5. The lowest BCUT2D eigenvalue weighted by molar-refractivity contribution is -0.125. The van der Waals surface area contributed by atoms with Gasteiger partial charge in [0.05, 0.1) is 5.92 Å². The molecule has 1 aromatic heterocycles. The minimum absolute atomic E-state index is 0.00140. The van der Waals surface area contributed by atoms with Crippen LogP contribution in [-0.2, 0) is 4.79 Å². The highest BCUT2D eigenvalue weighted by Crippen LogP contribution is 2.30. The molecule has 24 heavy (non-hydrogen) atoms. The molecule has 4 nitrogen and oxygen atoms in total. The van der Waals surface area contributed by atoms with Gasteiger partial charge < -0.3 is 10.2 Å². The van der Waals surface area contributed by atoms with Crippen LogP contribution < -0.4 is 10.2 Å². The SMILES string of the molecule is CCCC(C)NC(=O)C1CCCN(c2c(F)c(F)nc(F)c2F)C1. The fourth-order valence-corrected chi connectivity index (χ4v) is 3.01. The maximum absolute atomic E-state index is 13.9. The van der Waals surface area contributed by atoms with Crippen LogP contribution in [0.2, 0.25) is 0 Å². The van der Waals surface area contributed by atoms with E-state index in [1.54, 1.807) is 0 Å². The second kappa shape index (κ2) is 7.81. The smallest absolute Gasteiger partial charge is 0.253 e. The van der Waals surface area contributed by atoms with Crippen molar-refractivity contribution in [1.82, 2.24) is 10.3 Å². The highest BCUT2D eigenvalue weighted by atomic mass is 19.2. The van der Waals surface area contributed by atoms with Gasteiger partial charge in [0.25, 0.3) is 11.9 Å². The van der Waals surface area contributed by atoms with E-state index in [9.17, 15) is 22.4 Å². The molecular formula is C16H21F4N3O. The van der Waals surface area contributed by atoms with Crippen molar-refractivity contribution >= 4 is 11.6 Å². The molecule has 1 N–H and O–H groups in total. The number of rotatable bonds is 5. The average Bonchev–Trinajstić information content (AvgIpc) is 2.54. The average molecular weight is 347 g/mol. The zero-order valence-electron chi connectivity index (χ0n) is 13.7. The summed E-state index contributed by atoms with van der Waals surface area (Å²) in [5.74, 6) is -7.14. The molecule has 8 heteroatoms. The normalized spacial score (nSPS) is 19.2. The highest BCUT2D eigenvalue weighted by Gasteiger charge is 2.32. The largest absolute Gasteiger partial charge is 0.366 e. The van der Waals surface area contributed by atoms with Crippen LogP contribution in [0.1, 0.15) is 39.5 Å². The Morgan fingerprint density at radius 3 is 2.50 bits per heavy atom. The van der Waals surface area contributed by atoms with Crippen LogP contribution in [0.15, 0.2) is 0 Å². The Kier molecular flexibility index (Phi) is 6.01. The molecule has 134 valence electrons. The fraction of sp³-hybridized carbons (Fsp3) is 0.625. The summed E-state index contributed by atoms with van der Waals surface area (Å²) in [6.45, 7) is 4.10. The van der Waals surface area contributed by atoms with Crippen LogP contribution in [0.25, 0.3) is 0 Å². The summed E-state index contributed by atoms with van der Waals surface area (Å²) in [4.78, 5) is 16.0. The van der Waals surface area contributed by atoms with Crippen molar-refractivity contribution < 1.29 is 22.4 Å². The molecule has 0 saturated carbocycles. The molecular weight excluding hydrogens is 326 g/mol. The van der Waals surface area contributed by atoms with Crippen molar-refractivity contribution in [2.75, 3.05) is 18.0 Å². The summed E-state index contributed by atoms with van der Waals surface area (Å²) in [6, 6.07) is 0.00200. The summed E-state index contributed by atoms with van der Waals surface area (Å²) in [5, 5.41) is 2.86. The minimum Gasteiger partial charge on any atom is -0.366 e. The van der Waals surface area contributed by atoms with Crippen molar-refractivity contribution in [1.29, 1.82) is 0 Å². The first-order valence-corrected chi connectivity index (χ1v) is 8.10. The van der Waals surface area contributed by atoms with E-state index in [2.05, 4.69) is 10.3 Å². The third kappa shape index (κ3) is 3.96. The van der Waals surface area contributed by atoms with Crippen LogP contribution in [0.3, 0.4) is 0 Å². The Morgan fingerprint density at radius 1 is 1.29 bits per heavy atom. The minimum atomic E-state index is -1.69. The van der Waals surface area contributed by atoms with Gasteiger partial charge >= 0.3 is 0 Å². The molecule has 0 bridgehead atoms. The quantitative estimate of drug-likeness (QED) is 0.657. The second-order valence-corrected chi connectivity index (χ2v) is 6.15. The number of halogens is 4. The predicted molar refractivity (Wildman–Crippen MR) is 81.5 cm³/mol. The number of piperidine rings is 1. The van der Waals surface area contributed by atoms with E-state index in [0.717, 1.165) is 12.8 Å². The number of nitrogens with one attached hydrogen (secondary N) is 1. The van der Waals surface area contributed by atoms with Crippen molar-refractivity contribution in [3.05, 3.63) is 23.5 Å². The maximum atomic E-state index is 13.9. The molecule has 0 aromatic carbocycles. The lowest BCUT2D eigenvalue weighted by Crippen LogP contribution is -2.46. The first-order chi connectivity index (χ1) is 11.3. The van der Waals surface area contributed by atoms with E-state index in [0.29, 0.717) is 12.8 Å². The van der Waals surface area contributed by atoms with E-state index in [1.165, 1.54) is 4.90 Å². The topological polar surface area (TPSA) is 45.2 Å². The number of carbonyl (C=O) groups excluding carboxylic acids is 1. The van der Waals surface area contributed by atoms with E-state index >= 15 is 0 Å². The number of hydrogen-bond donors (Lipinski definition) is 1. The molecule has 1 fully saturated rings. The van der Waals surface area contributed by atoms with Crippen molar-refractivity contribution in [2.24, 2.45) is 5.92 Å². The van der Waals surface area contributed by atoms with Crippen LogP contribution in [-0.4, -0.2) is 30.0 Å². The van der Waals surface area contributed by atoms with Gasteiger partial charge in [-0.2, -0.15) is 22.5 Å². The van der Waals surface area contributed by atoms with E-state index in [1.807, 2.05) is 13.8 Å². The van der Waals surface area contributed by atoms with Crippen molar-refractivity contribution in [3.63, 3.8) is 0 Å². The van der Waals surface area contributed by atoms with Crippen LogP contribution in [0.4, 0.5) is 23.2 Å². The zero-order chi connectivity index (χ0) is 17.9. The highest BCUT2D eigenvalue weighted by molar-refractivity contribution is 5.80. The number of aromatic nitrogens is 1. The predicted octanol–water partition coefficient (Wildman–Crippen LogP) is 3.16. The molecule has 0 aliphatic carbocycles. The lowest BCUT2D eigenvalue weighted by atomic mass is 9.96. The molecule has 0 radical (unpaired) electrons. The van der Waals surface area contributed by atoms with Gasteiger partial charge in [-0.3, -0.25) is 4.79 Å². The maximum Gasteiger partial charge on any atom is 0.253 e. The Morgan fingerprint density at radius 2 is 1.92 bits per heavy atom. The molecule has 1 amide bonds. The Hall–Kier alpha value is -1.86. The van der Waals surface area contributed by atoms with Gasteiger partial charge in [-0.15, -0.1) is 0 Å². The number of anilines is 1. The molecule has 1 saturated heterocycles. The fourth-order valence-electron chi connectivity index (χ4n) is 3.01. The molecule has 2 heterocycles. The summed E-state index contributed by atoms with van der Waals surface area (Å²) < 4.78 is 54.3. The molecule has 1 aromatic rings. The standard InChI is InChI=1S/C16H21F4N3O/c1-3-5-9(2)21-16(24)10-6-4-7-23(8-10)13-11(17)14(19)22-15(20)12(13)18/h9-10H,3-8H2,1-2H3,(H,21,24). The van der Waals surface area contributed by atoms with E-state index in [4.69, 9.17) is 0 Å².